The van der Waals surface area contributed by atoms with Gasteiger partial charge >= 0.3 is 5.97 Å². The zero-order valence-electron chi connectivity index (χ0n) is 11.2. The molecule has 0 heterocycles. The summed E-state index contributed by atoms with van der Waals surface area (Å²) in [5, 5.41) is 3.02. The number of anilines is 3. The van der Waals surface area contributed by atoms with Gasteiger partial charge in [-0.05, 0) is 48.9 Å². The van der Waals surface area contributed by atoms with E-state index in [1.165, 1.54) is 25.3 Å². The Morgan fingerprint density at radius 3 is 2.60 bits per heavy atom. The van der Waals surface area contributed by atoms with Gasteiger partial charge in [0.1, 0.15) is 5.82 Å². The second-order valence-electron chi connectivity index (χ2n) is 4.44. The Balaban J connectivity index is 2.27. The number of hydrogen-bond donors (Lipinski definition) is 2. The molecule has 2 aromatic rings. The van der Waals surface area contributed by atoms with Gasteiger partial charge in [-0.25, -0.2) is 9.18 Å². The number of esters is 1. The summed E-state index contributed by atoms with van der Waals surface area (Å²) in [6.45, 7) is 1.80. The molecular weight excluding hydrogens is 259 g/mol. The monoisotopic (exact) mass is 274 g/mol. The first-order valence-electron chi connectivity index (χ1n) is 6.01. The minimum atomic E-state index is -0.454. The molecule has 0 unspecified atom stereocenters. The Labute approximate surface area is 116 Å². The van der Waals surface area contributed by atoms with Crippen molar-refractivity contribution in [3.63, 3.8) is 0 Å². The maximum Gasteiger partial charge on any atom is 0.337 e. The Bertz CT molecular complexity index is 636. The molecule has 0 aliphatic rings. The summed E-state index contributed by atoms with van der Waals surface area (Å²) in [7, 11) is 1.31. The maximum absolute atomic E-state index is 13.3. The van der Waals surface area contributed by atoms with Crippen LogP contribution in [0.15, 0.2) is 36.4 Å². The summed E-state index contributed by atoms with van der Waals surface area (Å²) in [5.41, 5.74) is 8.62. The van der Waals surface area contributed by atoms with Crippen molar-refractivity contribution in [3.8, 4) is 0 Å². The van der Waals surface area contributed by atoms with Gasteiger partial charge in [-0.2, -0.15) is 0 Å². The van der Waals surface area contributed by atoms with E-state index < -0.39 is 5.97 Å². The fourth-order valence-corrected chi connectivity index (χ4v) is 1.89. The zero-order valence-corrected chi connectivity index (χ0v) is 11.2. The van der Waals surface area contributed by atoms with Crippen molar-refractivity contribution in [3.05, 3.63) is 53.3 Å². The number of aryl methyl sites for hydroxylation is 1. The average Bonchev–Trinajstić information content (AvgIpc) is 2.39. The lowest BCUT2D eigenvalue weighted by molar-refractivity contribution is 0.0601. The third-order valence-electron chi connectivity index (χ3n) is 2.79. The topological polar surface area (TPSA) is 64.3 Å². The summed E-state index contributed by atoms with van der Waals surface area (Å²) < 4.78 is 17.9. The third kappa shape index (κ3) is 3.06. The van der Waals surface area contributed by atoms with Crippen molar-refractivity contribution < 1.29 is 13.9 Å². The number of ether oxygens (including phenoxy) is 1. The minimum absolute atomic E-state index is 0.322. The predicted octanol–water partition coefficient (Wildman–Crippen LogP) is 3.25. The lowest BCUT2D eigenvalue weighted by Gasteiger charge is -2.11. The van der Waals surface area contributed by atoms with E-state index in [1.54, 1.807) is 25.1 Å². The Morgan fingerprint density at radius 2 is 2.00 bits per heavy atom. The molecule has 0 atom stereocenters. The largest absolute Gasteiger partial charge is 0.465 e. The van der Waals surface area contributed by atoms with Crippen molar-refractivity contribution >= 4 is 23.0 Å². The number of rotatable bonds is 3. The molecular formula is C15H15FN2O2. The second kappa shape index (κ2) is 5.61. The molecule has 0 radical (unpaired) electrons. The molecule has 20 heavy (non-hydrogen) atoms. The number of methoxy groups -OCH3 is 1. The molecule has 0 saturated carbocycles. The van der Waals surface area contributed by atoms with Crippen LogP contribution in [0.3, 0.4) is 0 Å². The average molecular weight is 274 g/mol. The standard InChI is InChI=1S/C15H15FN2O2/c1-9-5-11(16)8-12(6-9)18-14-4-3-10(7-13(14)17)15(19)20-2/h3-8,18H,17H2,1-2H3. The van der Waals surface area contributed by atoms with Gasteiger partial charge in [0.25, 0.3) is 0 Å². The first kappa shape index (κ1) is 13.9. The quantitative estimate of drug-likeness (QED) is 0.666. The van der Waals surface area contributed by atoms with Gasteiger partial charge in [-0.1, -0.05) is 0 Å². The molecule has 4 nitrogen and oxygen atoms in total. The van der Waals surface area contributed by atoms with Crippen LogP contribution in [0.4, 0.5) is 21.5 Å². The highest BCUT2D eigenvalue weighted by atomic mass is 19.1. The first-order valence-corrected chi connectivity index (χ1v) is 6.01. The van der Waals surface area contributed by atoms with E-state index in [1.807, 2.05) is 0 Å². The summed E-state index contributed by atoms with van der Waals surface area (Å²) in [4.78, 5) is 11.4. The van der Waals surface area contributed by atoms with Crippen LogP contribution in [0.2, 0.25) is 0 Å². The summed E-state index contributed by atoms with van der Waals surface area (Å²) in [5.74, 6) is -0.776. The number of benzene rings is 2. The Morgan fingerprint density at radius 1 is 1.25 bits per heavy atom. The van der Waals surface area contributed by atoms with Gasteiger partial charge in [-0.3, -0.25) is 0 Å². The molecule has 0 aromatic heterocycles. The first-order chi connectivity index (χ1) is 9.49. The predicted molar refractivity (Wildman–Crippen MR) is 76.6 cm³/mol. The maximum atomic E-state index is 13.3. The van der Waals surface area contributed by atoms with E-state index >= 15 is 0 Å². The molecule has 0 saturated heterocycles. The molecule has 2 aromatic carbocycles. The number of halogens is 1. The van der Waals surface area contributed by atoms with Crippen molar-refractivity contribution in [1.29, 1.82) is 0 Å². The van der Waals surface area contributed by atoms with Crippen LogP contribution < -0.4 is 11.1 Å². The van der Waals surface area contributed by atoms with E-state index in [4.69, 9.17) is 5.73 Å². The summed E-state index contributed by atoms with van der Waals surface area (Å²) >= 11 is 0. The number of carbonyl (C=O) groups is 1. The highest BCUT2D eigenvalue weighted by molar-refractivity contribution is 5.92. The fourth-order valence-electron chi connectivity index (χ4n) is 1.89. The number of nitrogens with one attached hydrogen (secondary N) is 1. The van der Waals surface area contributed by atoms with Gasteiger partial charge in [0.05, 0.1) is 24.0 Å². The smallest absolute Gasteiger partial charge is 0.337 e. The molecule has 0 bridgehead atoms. The molecule has 0 amide bonds. The molecule has 2 rings (SSSR count). The van der Waals surface area contributed by atoms with Crippen molar-refractivity contribution in [1.82, 2.24) is 0 Å². The van der Waals surface area contributed by atoms with Crippen molar-refractivity contribution in [2.24, 2.45) is 0 Å². The lowest BCUT2D eigenvalue weighted by Crippen LogP contribution is -2.04. The zero-order chi connectivity index (χ0) is 14.7. The minimum Gasteiger partial charge on any atom is -0.465 e. The lowest BCUT2D eigenvalue weighted by atomic mass is 10.1. The van der Waals surface area contributed by atoms with E-state index in [9.17, 15) is 9.18 Å². The fraction of sp³-hybridized carbons (Fsp3) is 0.133. The number of nitrogens with two attached hydrogens (primary N) is 1. The molecule has 104 valence electrons. The molecule has 0 spiro atoms. The Kier molecular flexibility index (Phi) is 3.89. The number of nitrogen functional groups attached to an aromatic ring is 1. The van der Waals surface area contributed by atoms with Crippen LogP contribution in [0, 0.1) is 12.7 Å². The van der Waals surface area contributed by atoms with Crippen LogP contribution in [0.1, 0.15) is 15.9 Å². The molecule has 0 fully saturated rings. The van der Waals surface area contributed by atoms with Gasteiger partial charge in [-0.15, -0.1) is 0 Å². The third-order valence-corrected chi connectivity index (χ3v) is 2.79. The van der Waals surface area contributed by atoms with Gasteiger partial charge in [0.15, 0.2) is 0 Å². The van der Waals surface area contributed by atoms with E-state index in [0.717, 1.165) is 5.56 Å². The molecule has 3 N–H and O–H groups in total. The van der Waals surface area contributed by atoms with Gasteiger partial charge in [0, 0.05) is 5.69 Å². The molecule has 5 heteroatoms. The van der Waals surface area contributed by atoms with E-state index in [2.05, 4.69) is 10.1 Å². The highest BCUT2D eigenvalue weighted by Gasteiger charge is 2.08. The number of carbonyl (C=O) groups excluding carboxylic acids is 1. The molecule has 0 aliphatic heterocycles. The second-order valence-corrected chi connectivity index (χ2v) is 4.44. The van der Waals surface area contributed by atoms with Crippen LogP contribution in [0.5, 0.6) is 0 Å². The number of hydrogen-bond acceptors (Lipinski definition) is 4. The van der Waals surface area contributed by atoms with E-state index in [-0.39, 0.29) is 5.82 Å². The van der Waals surface area contributed by atoms with E-state index in [0.29, 0.717) is 22.6 Å². The van der Waals surface area contributed by atoms with Crippen molar-refractivity contribution in [2.45, 2.75) is 6.92 Å². The highest BCUT2D eigenvalue weighted by Crippen LogP contribution is 2.25. The molecule has 0 aliphatic carbocycles. The Hall–Kier alpha value is -2.56. The SMILES string of the molecule is COC(=O)c1ccc(Nc2cc(C)cc(F)c2)c(N)c1. The summed E-state index contributed by atoms with van der Waals surface area (Å²) in [6.07, 6.45) is 0. The van der Waals surface area contributed by atoms with Gasteiger partial charge in [0.2, 0.25) is 0 Å². The van der Waals surface area contributed by atoms with Crippen LogP contribution >= 0.6 is 0 Å². The van der Waals surface area contributed by atoms with Crippen LogP contribution in [-0.4, -0.2) is 13.1 Å². The van der Waals surface area contributed by atoms with Gasteiger partial charge < -0.3 is 15.8 Å². The van der Waals surface area contributed by atoms with Crippen molar-refractivity contribution in [2.75, 3.05) is 18.2 Å². The van der Waals surface area contributed by atoms with Crippen LogP contribution in [0.25, 0.3) is 0 Å². The van der Waals surface area contributed by atoms with Crippen LogP contribution in [-0.2, 0) is 4.74 Å². The summed E-state index contributed by atoms with van der Waals surface area (Å²) in [6, 6.07) is 9.38. The normalized spacial score (nSPS) is 10.2.